The first-order chi connectivity index (χ1) is 10.0. The van der Waals surface area contributed by atoms with Crippen LogP contribution < -0.4 is 10.1 Å². The van der Waals surface area contributed by atoms with Gasteiger partial charge < -0.3 is 10.1 Å². The molecule has 6 heteroatoms. The smallest absolute Gasteiger partial charge is 0.265 e. The van der Waals surface area contributed by atoms with Gasteiger partial charge in [-0.2, -0.15) is 10.4 Å². The first-order valence-electron chi connectivity index (χ1n) is 6.51. The van der Waals surface area contributed by atoms with Crippen molar-refractivity contribution in [2.75, 3.05) is 5.32 Å². The fraction of sp³-hybridized carbons (Fsp3) is 0.267. The van der Waals surface area contributed by atoms with E-state index in [1.54, 1.807) is 38.1 Å². The highest BCUT2D eigenvalue weighted by Gasteiger charge is 2.18. The number of benzene rings is 1. The molecule has 1 aromatic heterocycles. The summed E-state index contributed by atoms with van der Waals surface area (Å²) in [7, 11) is 0. The summed E-state index contributed by atoms with van der Waals surface area (Å²) in [6, 6.07) is 8.84. The Kier molecular flexibility index (Phi) is 4.24. The van der Waals surface area contributed by atoms with Crippen molar-refractivity contribution in [3.05, 3.63) is 41.2 Å². The number of para-hydroxylation sites is 1. The molecule has 21 heavy (non-hydrogen) atoms. The normalized spacial score (nSPS) is 11.5. The Balaban J connectivity index is 2.08. The van der Waals surface area contributed by atoms with Crippen molar-refractivity contribution in [1.82, 2.24) is 10.2 Å². The molecule has 0 spiro atoms. The van der Waals surface area contributed by atoms with Crippen LogP contribution in [-0.4, -0.2) is 22.2 Å². The Labute approximate surface area is 122 Å². The lowest BCUT2D eigenvalue weighted by molar-refractivity contribution is -0.122. The first kappa shape index (κ1) is 14.6. The number of hydrogen-bond acceptors (Lipinski definition) is 4. The second-order valence-corrected chi connectivity index (χ2v) is 4.67. The molecule has 108 valence electrons. The van der Waals surface area contributed by atoms with E-state index < -0.39 is 6.10 Å². The summed E-state index contributed by atoms with van der Waals surface area (Å²) in [6.07, 6.45) is -0.729. The molecular weight excluding hydrogens is 268 g/mol. The van der Waals surface area contributed by atoms with Crippen LogP contribution in [0.5, 0.6) is 5.75 Å². The van der Waals surface area contributed by atoms with Crippen molar-refractivity contribution < 1.29 is 9.53 Å². The molecule has 2 aromatic rings. The Hall–Kier alpha value is -2.81. The van der Waals surface area contributed by atoms with Crippen molar-refractivity contribution in [2.24, 2.45) is 0 Å². The van der Waals surface area contributed by atoms with E-state index in [-0.39, 0.29) is 5.91 Å². The van der Waals surface area contributed by atoms with Gasteiger partial charge in [0.25, 0.3) is 5.91 Å². The van der Waals surface area contributed by atoms with Gasteiger partial charge in [-0.3, -0.25) is 9.89 Å². The number of aromatic nitrogens is 2. The lowest BCUT2D eigenvalue weighted by Crippen LogP contribution is -2.30. The fourth-order valence-electron chi connectivity index (χ4n) is 1.87. The first-order valence-corrected chi connectivity index (χ1v) is 6.51. The summed E-state index contributed by atoms with van der Waals surface area (Å²) in [5.74, 6) is 0.0960. The molecule has 0 bridgehead atoms. The van der Waals surface area contributed by atoms with Gasteiger partial charge in [0, 0.05) is 0 Å². The van der Waals surface area contributed by atoms with Crippen LogP contribution in [0.15, 0.2) is 24.3 Å². The number of H-pyrrole nitrogens is 1. The number of aromatic amines is 1. The lowest BCUT2D eigenvalue weighted by atomic mass is 10.2. The van der Waals surface area contributed by atoms with Crippen LogP contribution in [0, 0.1) is 25.2 Å². The topological polar surface area (TPSA) is 90.8 Å². The number of nitrogens with one attached hydrogen (secondary N) is 2. The molecule has 0 saturated heterocycles. The van der Waals surface area contributed by atoms with E-state index in [1.165, 1.54) is 0 Å². The zero-order valence-corrected chi connectivity index (χ0v) is 12.1. The van der Waals surface area contributed by atoms with Gasteiger partial charge in [-0.05, 0) is 32.9 Å². The van der Waals surface area contributed by atoms with E-state index in [0.717, 1.165) is 5.69 Å². The fourth-order valence-corrected chi connectivity index (χ4v) is 1.87. The van der Waals surface area contributed by atoms with Gasteiger partial charge in [0.05, 0.1) is 22.6 Å². The number of anilines is 1. The SMILES string of the molecule is Cc1n[nH]c(C)c1NC(=O)C(C)Oc1ccccc1C#N. The maximum atomic E-state index is 12.2. The predicted octanol–water partition coefficient (Wildman–Crippen LogP) is 2.30. The minimum atomic E-state index is -0.729. The molecule has 2 rings (SSSR count). The number of amides is 1. The third kappa shape index (κ3) is 3.20. The maximum absolute atomic E-state index is 12.2. The largest absolute Gasteiger partial charge is 0.480 e. The summed E-state index contributed by atoms with van der Waals surface area (Å²) >= 11 is 0. The number of nitriles is 1. The number of rotatable bonds is 4. The Morgan fingerprint density at radius 2 is 2.14 bits per heavy atom. The monoisotopic (exact) mass is 284 g/mol. The second kappa shape index (κ2) is 6.09. The van der Waals surface area contributed by atoms with Gasteiger partial charge in [0.15, 0.2) is 6.10 Å². The molecule has 1 atom stereocenters. The van der Waals surface area contributed by atoms with Crippen molar-refractivity contribution in [3.8, 4) is 11.8 Å². The molecule has 1 unspecified atom stereocenters. The number of ether oxygens (including phenoxy) is 1. The van der Waals surface area contributed by atoms with Crippen molar-refractivity contribution in [3.63, 3.8) is 0 Å². The molecule has 0 saturated carbocycles. The van der Waals surface area contributed by atoms with Gasteiger partial charge in [-0.15, -0.1) is 0 Å². The minimum absolute atomic E-state index is 0.296. The zero-order chi connectivity index (χ0) is 15.4. The number of carbonyl (C=O) groups is 1. The molecular formula is C15H16N4O2. The van der Waals surface area contributed by atoms with Crippen LogP contribution in [0.4, 0.5) is 5.69 Å². The second-order valence-electron chi connectivity index (χ2n) is 4.67. The van der Waals surface area contributed by atoms with Crippen LogP contribution in [0.25, 0.3) is 0 Å². The van der Waals surface area contributed by atoms with E-state index in [2.05, 4.69) is 15.5 Å². The molecule has 6 nitrogen and oxygen atoms in total. The number of hydrogen-bond donors (Lipinski definition) is 2. The summed E-state index contributed by atoms with van der Waals surface area (Å²) < 4.78 is 5.56. The lowest BCUT2D eigenvalue weighted by Gasteiger charge is -2.15. The summed E-state index contributed by atoms with van der Waals surface area (Å²) in [5.41, 5.74) is 2.55. The van der Waals surface area contributed by atoms with Crippen LogP contribution in [0.3, 0.4) is 0 Å². The van der Waals surface area contributed by atoms with E-state index in [1.807, 2.05) is 13.0 Å². The molecule has 0 aliphatic heterocycles. The number of carbonyl (C=O) groups excluding carboxylic acids is 1. The average molecular weight is 284 g/mol. The zero-order valence-electron chi connectivity index (χ0n) is 12.1. The molecule has 1 amide bonds. The molecule has 0 aliphatic rings. The quantitative estimate of drug-likeness (QED) is 0.901. The van der Waals surface area contributed by atoms with Gasteiger partial charge in [0.1, 0.15) is 11.8 Å². The molecule has 1 heterocycles. The molecule has 0 radical (unpaired) electrons. The third-order valence-corrected chi connectivity index (χ3v) is 3.06. The summed E-state index contributed by atoms with van der Waals surface area (Å²) in [5, 5.41) is 18.6. The van der Waals surface area contributed by atoms with Crippen LogP contribution >= 0.6 is 0 Å². The highest BCUT2D eigenvalue weighted by molar-refractivity contribution is 5.95. The molecule has 0 fully saturated rings. The van der Waals surface area contributed by atoms with E-state index in [4.69, 9.17) is 10.00 Å². The highest BCUT2D eigenvalue weighted by Crippen LogP contribution is 2.20. The Bertz CT molecular complexity index is 680. The number of nitrogens with zero attached hydrogens (tertiary/aromatic N) is 2. The number of aryl methyl sites for hydroxylation is 2. The molecule has 1 aromatic carbocycles. The third-order valence-electron chi connectivity index (χ3n) is 3.06. The summed E-state index contributed by atoms with van der Waals surface area (Å²) in [6.45, 7) is 5.26. The van der Waals surface area contributed by atoms with Gasteiger partial charge in [-0.25, -0.2) is 0 Å². The summed E-state index contributed by atoms with van der Waals surface area (Å²) in [4.78, 5) is 12.2. The minimum Gasteiger partial charge on any atom is -0.480 e. The van der Waals surface area contributed by atoms with Crippen molar-refractivity contribution >= 4 is 11.6 Å². The molecule has 0 aliphatic carbocycles. The van der Waals surface area contributed by atoms with E-state index in [0.29, 0.717) is 22.7 Å². The Morgan fingerprint density at radius 3 is 2.76 bits per heavy atom. The predicted molar refractivity (Wildman–Crippen MR) is 77.9 cm³/mol. The highest BCUT2D eigenvalue weighted by atomic mass is 16.5. The van der Waals surface area contributed by atoms with Crippen LogP contribution in [0.1, 0.15) is 23.9 Å². The Morgan fingerprint density at radius 1 is 1.43 bits per heavy atom. The standard InChI is InChI=1S/C15H16N4O2/c1-9-14(10(2)19-18-9)17-15(20)11(3)21-13-7-5-4-6-12(13)8-16/h4-7,11H,1-3H3,(H,17,20)(H,18,19). The average Bonchev–Trinajstić information content (AvgIpc) is 2.79. The van der Waals surface area contributed by atoms with E-state index >= 15 is 0 Å². The maximum Gasteiger partial charge on any atom is 0.265 e. The van der Waals surface area contributed by atoms with Crippen LogP contribution in [0.2, 0.25) is 0 Å². The van der Waals surface area contributed by atoms with Crippen molar-refractivity contribution in [1.29, 1.82) is 5.26 Å². The molecule has 2 N–H and O–H groups in total. The van der Waals surface area contributed by atoms with Gasteiger partial charge >= 0.3 is 0 Å². The van der Waals surface area contributed by atoms with E-state index in [9.17, 15) is 4.79 Å². The van der Waals surface area contributed by atoms with Gasteiger partial charge in [-0.1, -0.05) is 12.1 Å². The van der Waals surface area contributed by atoms with Crippen LogP contribution in [-0.2, 0) is 4.79 Å². The van der Waals surface area contributed by atoms with Gasteiger partial charge in [0.2, 0.25) is 0 Å². The van der Waals surface area contributed by atoms with Crippen molar-refractivity contribution in [2.45, 2.75) is 26.9 Å².